The van der Waals surface area contributed by atoms with Crippen molar-refractivity contribution in [3.8, 4) is 5.75 Å². The molecule has 0 amide bonds. The number of thiophene rings is 1. The van der Waals surface area contributed by atoms with E-state index in [1.165, 1.54) is 15.3 Å². The Morgan fingerprint density at radius 1 is 1.28 bits per heavy atom. The second kappa shape index (κ2) is 5.52. The lowest BCUT2D eigenvalue weighted by Crippen LogP contribution is -2.28. The molecule has 1 unspecified atom stereocenters. The van der Waals surface area contributed by atoms with Gasteiger partial charge >= 0.3 is 0 Å². The second-order valence-electron chi connectivity index (χ2n) is 4.23. The molecule has 3 nitrogen and oxygen atoms in total. The topological polar surface area (TPSA) is 47.3 Å². The number of ether oxygens (including phenoxy) is 1. The molecular formula is C14H18N2OS. The second-order valence-corrected chi connectivity index (χ2v) is 5.52. The first-order chi connectivity index (χ1) is 8.67. The lowest BCUT2D eigenvalue weighted by molar-refractivity contribution is 0.404. The zero-order valence-electron chi connectivity index (χ0n) is 10.9. The van der Waals surface area contributed by atoms with Crippen LogP contribution in [0.3, 0.4) is 0 Å². The van der Waals surface area contributed by atoms with E-state index >= 15 is 0 Å². The Hall–Kier alpha value is -1.36. The molecule has 4 heteroatoms. The third kappa shape index (κ3) is 2.41. The van der Waals surface area contributed by atoms with Crippen LogP contribution in [0.4, 0.5) is 0 Å². The number of nitrogens with two attached hydrogens (primary N) is 1. The van der Waals surface area contributed by atoms with Gasteiger partial charge in [-0.1, -0.05) is 18.2 Å². The van der Waals surface area contributed by atoms with Crippen molar-refractivity contribution < 1.29 is 4.74 Å². The van der Waals surface area contributed by atoms with Crippen molar-refractivity contribution >= 4 is 11.3 Å². The fraction of sp³-hybridized carbons (Fsp3) is 0.286. The van der Waals surface area contributed by atoms with Crippen LogP contribution in [0.25, 0.3) is 0 Å². The molecule has 0 bridgehead atoms. The van der Waals surface area contributed by atoms with Crippen LogP contribution in [0, 0.1) is 13.8 Å². The molecule has 0 aliphatic rings. The van der Waals surface area contributed by atoms with Crippen molar-refractivity contribution in [1.82, 2.24) is 5.43 Å². The van der Waals surface area contributed by atoms with Gasteiger partial charge in [0.15, 0.2) is 0 Å². The molecule has 1 aromatic carbocycles. The van der Waals surface area contributed by atoms with Gasteiger partial charge in [-0.25, -0.2) is 5.43 Å². The molecule has 96 valence electrons. The number of benzene rings is 1. The number of methoxy groups -OCH3 is 1. The third-order valence-electron chi connectivity index (χ3n) is 3.09. The van der Waals surface area contributed by atoms with Crippen LogP contribution in [0.2, 0.25) is 0 Å². The molecule has 1 heterocycles. The van der Waals surface area contributed by atoms with E-state index in [0.29, 0.717) is 0 Å². The van der Waals surface area contributed by atoms with Crippen molar-refractivity contribution in [3.63, 3.8) is 0 Å². The van der Waals surface area contributed by atoms with Gasteiger partial charge in [0.2, 0.25) is 0 Å². The van der Waals surface area contributed by atoms with Gasteiger partial charge in [0.1, 0.15) is 5.75 Å². The Morgan fingerprint density at radius 3 is 2.56 bits per heavy atom. The van der Waals surface area contributed by atoms with Crippen molar-refractivity contribution in [3.05, 3.63) is 51.2 Å². The van der Waals surface area contributed by atoms with Crippen LogP contribution in [0.1, 0.15) is 26.9 Å². The van der Waals surface area contributed by atoms with E-state index in [9.17, 15) is 0 Å². The van der Waals surface area contributed by atoms with Crippen LogP contribution in [-0.4, -0.2) is 7.11 Å². The molecule has 0 fully saturated rings. The molecule has 0 aliphatic heterocycles. The van der Waals surface area contributed by atoms with Crippen molar-refractivity contribution in [1.29, 1.82) is 0 Å². The highest BCUT2D eigenvalue weighted by atomic mass is 32.1. The van der Waals surface area contributed by atoms with Crippen molar-refractivity contribution in [2.45, 2.75) is 19.9 Å². The molecule has 2 rings (SSSR count). The Bertz CT molecular complexity index is 517. The molecule has 0 radical (unpaired) electrons. The number of hydrazine groups is 1. The van der Waals surface area contributed by atoms with E-state index in [4.69, 9.17) is 10.6 Å². The van der Waals surface area contributed by atoms with E-state index in [1.54, 1.807) is 18.4 Å². The molecule has 18 heavy (non-hydrogen) atoms. The quantitative estimate of drug-likeness (QED) is 0.658. The largest absolute Gasteiger partial charge is 0.496 e. The first-order valence-corrected chi connectivity index (χ1v) is 6.65. The van der Waals surface area contributed by atoms with E-state index in [1.807, 2.05) is 24.3 Å². The van der Waals surface area contributed by atoms with Gasteiger partial charge in [-0.15, -0.1) is 11.3 Å². The minimum Gasteiger partial charge on any atom is -0.496 e. The molecule has 2 aromatic rings. The van der Waals surface area contributed by atoms with Crippen LogP contribution >= 0.6 is 11.3 Å². The molecule has 0 saturated carbocycles. The number of aryl methyl sites for hydroxylation is 2. The zero-order valence-corrected chi connectivity index (χ0v) is 11.7. The van der Waals surface area contributed by atoms with Gasteiger partial charge in [0.05, 0.1) is 13.2 Å². The lowest BCUT2D eigenvalue weighted by atomic mass is 10.0. The number of nitrogens with one attached hydrogen (secondary N) is 1. The molecule has 0 saturated heterocycles. The SMILES string of the molecule is COc1ccccc1C(NN)c1cc(C)c(C)s1. The first kappa shape index (κ1) is 13.1. The average Bonchev–Trinajstić information content (AvgIpc) is 2.71. The summed E-state index contributed by atoms with van der Waals surface area (Å²) in [4.78, 5) is 2.53. The molecule has 0 spiro atoms. The molecule has 1 aromatic heterocycles. The van der Waals surface area contributed by atoms with Crippen LogP contribution in [-0.2, 0) is 0 Å². The Balaban J connectivity index is 2.45. The van der Waals surface area contributed by atoms with Gasteiger partial charge in [-0.2, -0.15) is 0 Å². The highest BCUT2D eigenvalue weighted by molar-refractivity contribution is 7.12. The highest BCUT2D eigenvalue weighted by Gasteiger charge is 2.18. The number of hydrogen-bond donors (Lipinski definition) is 2. The highest BCUT2D eigenvalue weighted by Crippen LogP contribution is 2.34. The summed E-state index contributed by atoms with van der Waals surface area (Å²) < 4.78 is 5.40. The van der Waals surface area contributed by atoms with E-state index in [0.717, 1.165) is 11.3 Å². The predicted molar refractivity (Wildman–Crippen MR) is 76.0 cm³/mol. The molecular weight excluding hydrogens is 244 g/mol. The summed E-state index contributed by atoms with van der Waals surface area (Å²) in [6.07, 6.45) is 0. The first-order valence-electron chi connectivity index (χ1n) is 5.83. The van der Waals surface area contributed by atoms with Crippen LogP contribution in [0.5, 0.6) is 5.75 Å². The van der Waals surface area contributed by atoms with Crippen LogP contribution < -0.4 is 16.0 Å². The van der Waals surface area contributed by atoms with Crippen molar-refractivity contribution in [2.24, 2.45) is 5.84 Å². The zero-order chi connectivity index (χ0) is 13.1. The summed E-state index contributed by atoms with van der Waals surface area (Å²) in [6.45, 7) is 4.24. The maximum Gasteiger partial charge on any atom is 0.124 e. The summed E-state index contributed by atoms with van der Waals surface area (Å²) in [6, 6.07) is 10.1. The molecule has 3 N–H and O–H groups in total. The lowest BCUT2D eigenvalue weighted by Gasteiger charge is -2.17. The number of para-hydroxylation sites is 1. The smallest absolute Gasteiger partial charge is 0.124 e. The standard InChI is InChI=1S/C14H18N2OS/c1-9-8-13(18-10(9)2)14(16-15)11-6-4-5-7-12(11)17-3/h4-8,14,16H,15H2,1-3H3. The molecule has 1 atom stereocenters. The monoisotopic (exact) mass is 262 g/mol. The maximum absolute atomic E-state index is 5.72. The minimum absolute atomic E-state index is 0.0291. The van der Waals surface area contributed by atoms with E-state index in [-0.39, 0.29) is 6.04 Å². The number of hydrogen-bond acceptors (Lipinski definition) is 4. The minimum atomic E-state index is -0.0291. The van der Waals surface area contributed by atoms with Crippen molar-refractivity contribution in [2.75, 3.05) is 7.11 Å². The normalized spacial score (nSPS) is 12.4. The Morgan fingerprint density at radius 2 is 2.00 bits per heavy atom. The summed E-state index contributed by atoms with van der Waals surface area (Å²) in [5.41, 5.74) is 5.24. The summed E-state index contributed by atoms with van der Waals surface area (Å²) in [7, 11) is 1.68. The summed E-state index contributed by atoms with van der Waals surface area (Å²) >= 11 is 1.76. The fourth-order valence-corrected chi connectivity index (χ4v) is 3.10. The average molecular weight is 262 g/mol. The number of rotatable bonds is 4. The van der Waals surface area contributed by atoms with Gasteiger partial charge < -0.3 is 4.74 Å². The Labute approximate surface area is 112 Å². The van der Waals surface area contributed by atoms with Gasteiger partial charge in [0.25, 0.3) is 0 Å². The van der Waals surface area contributed by atoms with Crippen LogP contribution in [0.15, 0.2) is 30.3 Å². The van der Waals surface area contributed by atoms with Gasteiger partial charge in [0, 0.05) is 15.3 Å². The maximum atomic E-state index is 5.72. The summed E-state index contributed by atoms with van der Waals surface area (Å²) in [5, 5.41) is 0. The third-order valence-corrected chi connectivity index (χ3v) is 4.30. The van der Waals surface area contributed by atoms with E-state index < -0.39 is 0 Å². The fourth-order valence-electron chi connectivity index (χ4n) is 1.97. The van der Waals surface area contributed by atoms with E-state index in [2.05, 4.69) is 25.3 Å². The van der Waals surface area contributed by atoms with Gasteiger partial charge in [-0.05, 0) is 31.5 Å². The Kier molecular flexibility index (Phi) is 4.01. The molecule has 0 aliphatic carbocycles. The predicted octanol–water partition coefficient (Wildman–Crippen LogP) is 2.93. The van der Waals surface area contributed by atoms with Gasteiger partial charge in [-0.3, -0.25) is 5.84 Å². The summed E-state index contributed by atoms with van der Waals surface area (Å²) in [5.74, 6) is 6.57.